The van der Waals surface area contributed by atoms with Crippen molar-refractivity contribution in [3.05, 3.63) is 35.4 Å². The Labute approximate surface area is 131 Å². The first kappa shape index (κ1) is 16.5. The molecule has 1 atom stereocenters. The van der Waals surface area contributed by atoms with Crippen molar-refractivity contribution >= 4 is 11.9 Å². The predicted molar refractivity (Wildman–Crippen MR) is 84.7 cm³/mol. The number of carbonyl (C=O) groups excluding carboxylic acids is 1. The minimum atomic E-state index is -0.875. The Bertz CT molecular complexity index is 540. The van der Waals surface area contributed by atoms with Crippen molar-refractivity contribution in [1.82, 2.24) is 10.2 Å². The number of aliphatic carboxylic acids is 1. The lowest BCUT2D eigenvalue weighted by molar-refractivity contribution is -0.143. The topological polar surface area (TPSA) is 69.6 Å². The lowest BCUT2D eigenvalue weighted by Crippen LogP contribution is -2.46. The molecule has 120 valence electrons. The molecule has 0 bridgehead atoms. The number of benzene rings is 1. The van der Waals surface area contributed by atoms with Crippen LogP contribution >= 0.6 is 0 Å². The number of nitrogens with one attached hydrogen (secondary N) is 1. The second-order valence-corrected chi connectivity index (χ2v) is 5.94. The molecule has 0 radical (unpaired) electrons. The predicted octanol–water partition coefficient (Wildman–Crippen LogP) is 1.59. The van der Waals surface area contributed by atoms with Crippen molar-refractivity contribution in [1.29, 1.82) is 0 Å². The van der Waals surface area contributed by atoms with Crippen molar-refractivity contribution in [3.63, 3.8) is 0 Å². The van der Waals surface area contributed by atoms with Gasteiger partial charge in [-0.15, -0.1) is 0 Å². The maximum atomic E-state index is 12.0. The van der Waals surface area contributed by atoms with Crippen molar-refractivity contribution in [2.45, 2.75) is 45.2 Å². The summed E-state index contributed by atoms with van der Waals surface area (Å²) in [5, 5.41) is 12.0. The molecular formula is C17H24N2O3. The van der Waals surface area contributed by atoms with Gasteiger partial charge in [-0.1, -0.05) is 24.3 Å². The molecule has 0 aliphatic heterocycles. The quantitative estimate of drug-likeness (QED) is 0.765. The molecule has 1 aliphatic rings. The van der Waals surface area contributed by atoms with Gasteiger partial charge < -0.3 is 10.4 Å². The number of carboxylic acids is 1. The van der Waals surface area contributed by atoms with Gasteiger partial charge in [-0.2, -0.15) is 0 Å². The zero-order chi connectivity index (χ0) is 16.1. The van der Waals surface area contributed by atoms with Crippen molar-refractivity contribution in [2.24, 2.45) is 0 Å². The van der Waals surface area contributed by atoms with Gasteiger partial charge in [0.05, 0.1) is 6.54 Å². The summed E-state index contributed by atoms with van der Waals surface area (Å²) in [4.78, 5) is 24.9. The molecule has 1 saturated carbocycles. The van der Waals surface area contributed by atoms with E-state index in [4.69, 9.17) is 5.11 Å². The Kier molecular flexibility index (Phi) is 5.55. The molecular weight excluding hydrogens is 280 g/mol. The van der Waals surface area contributed by atoms with Crippen LogP contribution in [0.4, 0.5) is 0 Å². The Morgan fingerprint density at radius 2 is 2.05 bits per heavy atom. The molecule has 2 N–H and O–H groups in total. The summed E-state index contributed by atoms with van der Waals surface area (Å²) in [6.45, 7) is 4.43. The van der Waals surface area contributed by atoms with Crippen LogP contribution in [0.5, 0.6) is 0 Å². The number of hydrogen-bond donors (Lipinski definition) is 2. The average molecular weight is 304 g/mol. The number of carboxylic acid groups (broad SMARTS) is 1. The highest BCUT2D eigenvalue weighted by atomic mass is 16.4. The Morgan fingerprint density at radius 3 is 2.64 bits per heavy atom. The number of rotatable bonds is 8. The van der Waals surface area contributed by atoms with E-state index in [1.54, 1.807) is 11.8 Å². The molecule has 5 nitrogen and oxygen atoms in total. The summed E-state index contributed by atoms with van der Waals surface area (Å²) in [5.74, 6) is -0.979. The van der Waals surface area contributed by atoms with Crippen LogP contribution in [0.2, 0.25) is 0 Å². The monoisotopic (exact) mass is 304 g/mol. The second-order valence-electron chi connectivity index (χ2n) is 5.94. The van der Waals surface area contributed by atoms with Gasteiger partial charge in [-0.25, -0.2) is 0 Å². The Morgan fingerprint density at radius 1 is 1.36 bits per heavy atom. The van der Waals surface area contributed by atoms with E-state index >= 15 is 0 Å². The van der Waals surface area contributed by atoms with Crippen LogP contribution in [0.25, 0.3) is 0 Å². The van der Waals surface area contributed by atoms with E-state index in [2.05, 4.69) is 24.4 Å². The van der Waals surface area contributed by atoms with E-state index in [0.717, 1.165) is 19.3 Å². The molecule has 1 aliphatic carbocycles. The number of aryl methyl sites for hydroxylation is 1. The van der Waals surface area contributed by atoms with E-state index in [0.29, 0.717) is 6.54 Å². The van der Waals surface area contributed by atoms with Gasteiger partial charge in [-0.05, 0) is 44.2 Å². The van der Waals surface area contributed by atoms with Crippen LogP contribution in [-0.4, -0.2) is 47.1 Å². The van der Waals surface area contributed by atoms with E-state index in [1.165, 1.54) is 11.1 Å². The van der Waals surface area contributed by atoms with Crippen LogP contribution in [0.3, 0.4) is 0 Å². The normalized spacial score (nSPS) is 15.6. The molecule has 0 spiro atoms. The highest BCUT2D eigenvalue weighted by molar-refractivity contribution is 5.80. The summed E-state index contributed by atoms with van der Waals surface area (Å²) in [5.41, 5.74) is 2.44. The lowest BCUT2D eigenvalue weighted by Gasteiger charge is -2.25. The van der Waals surface area contributed by atoms with Crippen molar-refractivity contribution in [2.75, 3.05) is 13.1 Å². The van der Waals surface area contributed by atoms with Gasteiger partial charge in [0.25, 0.3) is 0 Å². The zero-order valence-electron chi connectivity index (χ0n) is 13.2. The average Bonchev–Trinajstić information content (AvgIpc) is 3.30. The van der Waals surface area contributed by atoms with Gasteiger partial charge in [0, 0.05) is 12.6 Å². The van der Waals surface area contributed by atoms with Crippen LogP contribution in [-0.2, 0) is 16.0 Å². The van der Waals surface area contributed by atoms with E-state index in [-0.39, 0.29) is 18.5 Å². The maximum absolute atomic E-state index is 12.0. The molecule has 1 aromatic rings. The van der Waals surface area contributed by atoms with Crippen LogP contribution in [0, 0.1) is 6.92 Å². The molecule has 1 unspecified atom stereocenters. The maximum Gasteiger partial charge on any atom is 0.320 e. The molecule has 0 heterocycles. The van der Waals surface area contributed by atoms with Gasteiger partial charge in [-0.3, -0.25) is 14.5 Å². The van der Waals surface area contributed by atoms with Crippen LogP contribution < -0.4 is 5.32 Å². The third kappa shape index (κ3) is 4.56. The zero-order valence-corrected chi connectivity index (χ0v) is 13.2. The fourth-order valence-electron chi connectivity index (χ4n) is 2.58. The third-order valence-electron chi connectivity index (χ3n) is 4.17. The highest BCUT2D eigenvalue weighted by Gasteiger charge is 2.35. The smallest absolute Gasteiger partial charge is 0.320 e. The molecule has 2 rings (SSSR count). The van der Waals surface area contributed by atoms with Gasteiger partial charge in [0.1, 0.15) is 6.04 Å². The minimum Gasteiger partial charge on any atom is -0.480 e. The first-order chi connectivity index (χ1) is 10.5. The first-order valence-corrected chi connectivity index (χ1v) is 7.79. The fraction of sp³-hybridized carbons (Fsp3) is 0.529. The summed E-state index contributed by atoms with van der Waals surface area (Å²) < 4.78 is 0. The van der Waals surface area contributed by atoms with Gasteiger partial charge in [0.2, 0.25) is 5.91 Å². The summed E-state index contributed by atoms with van der Waals surface area (Å²) in [7, 11) is 0. The lowest BCUT2D eigenvalue weighted by atomic mass is 10.1. The van der Waals surface area contributed by atoms with Gasteiger partial charge >= 0.3 is 5.97 Å². The Hall–Kier alpha value is -1.88. The molecule has 5 heteroatoms. The van der Waals surface area contributed by atoms with E-state index < -0.39 is 12.0 Å². The first-order valence-electron chi connectivity index (χ1n) is 7.79. The van der Waals surface area contributed by atoms with Crippen molar-refractivity contribution in [3.8, 4) is 0 Å². The van der Waals surface area contributed by atoms with Gasteiger partial charge in [0.15, 0.2) is 0 Å². The third-order valence-corrected chi connectivity index (χ3v) is 4.17. The number of nitrogens with zero attached hydrogens (tertiary/aromatic N) is 1. The molecule has 0 aromatic heterocycles. The molecule has 0 saturated heterocycles. The van der Waals surface area contributed by atoms with E-state index in [1.807, 2.05) is 12.1 Å². The van der Waals surface area contributed by atoms with E-state index in [9.17, 15) is 9.59 Å². The van der Waals surface area contributed by atoms with Crippen molar-refractivity contribution < 1.29 is 14.7 Å². The minimum absolute atomic E-state index is 0.103. The summed E-state index contributed by atoms with van der Waals surface area (Å²) in [6, 6.07) is 7.74. The number of amides is 1. The molecule has 1 amide bonds. The SMILES string of the molecule is Cc1ccccc1CCNC(=O)CN(C1CC1)C(C)C(=O)O. The fourth-order valence-corrected chi connectivity index (χ4v) is 2.58. The summed E-state index contributed by atoms with van der Waals surface area (Å²) >= 11 is 0. The summed E-state index contributed by atoms with van der Waals surface area (Å²) in [6.07, 6.45) is 2.75. The molecule has 1 aromatic carbocycles. The molecule has 1 fully saturated rings. The largest absolute Gasteiger partial charge is 0.480 e. The second kappa shape index (κ2) is 7.40. The van der Waals surface area contributed by atoms with Crippen LogP contribution in [0.1, 0.15) is 30.9 Å². The Balaban J connectivity index is 1.79. The number of hydrogen-bond acceptors (Lipinski definition) is 3. The molecule has 22 heavy (non-hydrogen) atoms. The number of carbonyl (C=O) groups is 2. The highest BCUT2D eigenvalue weighted by Crippen LogP contribution is 2.28. The standard InChI is InChI=1S/C17H24N2O3/c1-12-5-3-4-6-14(12)9-10-18-16(20)11-19(15-7-8-15)13(2)17(21)22/h3-6,13,15H,7-11H2,1-2H3,(H,18,20)(H,21,22). The van der Waals surface area contributed by atoms with Crippen LogP contribution in [0.15, 0.2) is 24.3 Å².